The number of hydrogen-bond acceptors (Lipinski definition) is 2. The van der Waals surface area contributed by atoms with Crippen LogP contribution >= 0.6 is 8.58 Å². The Kier molecular flexibility index (Phi) is 9.76. The Bertz CT molecular complexity index is 1210. The molecule has 0 aliphatic rings. The van der Waals surface area contributed by atoms with Crippen LogP contribution in [-0.2, 0) is 17.2 Å². The van der Waals surface area contributed by atoms with E-state index < -0.39 is 0 Å². The van der Waals surface area contributed by atoms with Gasteiger partial charge in [0, 0.05) is 16.3 Å². The van der Waals surface area contributed by atoms with E-state index in [4.69, 9.17) is 4.74 Å². The monoisotopic (exact) mass is 516 g/mol. The van der Waals surface area contributed by atoms with Crippen molar-refractivity contribution in [1.29, 1.82) is 0 Å². The number of Topliss-reactive ketones (excluding diaryl/α,β-unsaturated/α-hetero) is 1. The molecule has 0 aromatic heterocycles. The number of aryl methyl sites for hydroxylation is 2. The van der Waals surface area contributed by atoms with Crippen molar-refractivity contribution >= 4 is 19.7 Å². The van der Waals surface area contributed by atoms with Crippen molar-refractivity contribution in [2.75, 3.05) is 0 Å². The number of ether oxygens (including phenoxy) is 1. The number of carbonyl (C=O) groups is 1. The normalized spacial score (nSPS) is 13.6. The molecule has 0 aliphatic carbocycles. The molecule has 3 aromatic carbocycles. The number of rotatable bonds is 11. The van der Waals surface area contributed by atoms with E-state index in [2.05, 4.69) is 103 Å². The maximum atomic E-state index is 12.7. The number of carbonyl (C=O) groups excluding carboxylic acids is 1. The third kappa shape index (κ3) is 7.11. The van der Waals surface area contributed by atoms with Gasteiger partial charge < -0.3 is 4.74 Å². The molecule has 3 aromatic rings. The maximum absolute atomic E-state index is 12.7. The predicted molar refractivity (Wildman–Crippen MR) is 161 cm³/mol. The quantitative estimate of drug-likeness (QED) is 0.188. The van der Waals surface area contributed by atoms with E-state index >= 15 is 0 Å². The summed E-state index contributed by atoms with van der Waals surface area (Å²) in [5.74, 6) is 1.16. The first-order chi connectivity index (χ1) is 17.5. The molecule has 0 saturated heterocycles. The molecule has 0 bridgehead atoms. The van der Waals surface area contributed by atoms with Gasteiger partial charge in [-0.3, -0.25) is 4.79 Å². The van der Waals surface area contributed by atoms with Crippen LogP contribution in [0.4, 0.5) is 0 Å². The van der Waals surface area contributed by atoms with Crippen LogP contribution in [-0.4, -0.2) is 5.78 Å². The highest BCUT2D eigenvalue weighted by atomic mass is 31.1. The van der Waals surface area contributed by atoms with Crippen LogP contribution in [0.1, 0.15) is 105 Å². The largest absolute Gasteiger partial charge is 0.488 e. The Labute approximate surface area is 227 Å². The van der Waals surface area contributed by atoms with Gasteiger partial charge in [-0.2, -0.15) is 0 Å². The van der Waals surface area contributed by atoms with Crippen molar-refractivity contribution < 1.29 is 9.53 Å². The Balaban J connectivity index is 2.22. The van der Waals surface area contributed by atoms with Crippen molar-refractivity contribution in [3.63, 3.8) is 0 Å². The highest BCUT2D eigenvalue weighted by Crippen LogP contribution is 2.53. The molecule has 3 rings (SSSR count). The Morgan fingerprint density at radius 1 is 0.946 bits per heavy atom. The van der Waals surface area contributed by atoms with Gasteiger partial charge in [-0.05, 0) is 67.1 Å². The lowest BCUT2D eigenvalue weighted by atomic mass is 9.80. The van der Waals surface area contributed by atoms with Crippen molar-refractivity contribution in [3.05, 3.63) is 94.0 Å². The van der Waals surface area contributed by atoms with Crippen molar-refractivity contribution in [3.8, 4) is 5.75 Å². The molecule has 2 unspecified atom stereocenters. The van der Waals surface area contributed by atoms with Crippen molar-refractivity contribution in [2.24, 2.45) is 0 Å². The summed E-state index contributed by atoms with van der Waals surface area (Å²) in [6.45, 7) is 17.9. The van der Waals surface area contributed by atoms with Crippen LogP contribution in [0.3, 0.4) is 0 Å². The summed E-state index contributed by atoms with van der Waals surface area (Å²) in [5.41, 5.74) is 7.02. The molecule has 2 nitrogen and oxygen atoms in total. The topological polar surface area (TPSA) is 26.3 Å². The molecule has 2 atom stereocenters. The van der Waals surface area contributed by atoms with Gasteiger partial charge in [-0.25, -0.2) is 0 Å². The summed E-state index contributed by atoms with van der Waals surface area (Å²) in [5, 5.41) is 1.07. The fraction of sp³-hybridized carbons (Fsp3) is 0.441. The SMILES string of the molecule is CCCCC(CC)(Pc1ccc(C)cc1C(C)=O)c1cc(C(C)(C)C)cc(C)c1OCc1ccccc1. The highest BCUT2D eigenvalue weighted by Gasteiger charge is 2.36. The first-order valence-electron chi connectivity index (χ1n) is 13.7. The van der Waals surface area contributed by atoms with Gasteiger partial charge in [-0.1, -0.05) is 116 Å². The minimum Gasteiger partial charge on any atom is -0.488 e. The van der Waals surface area contributed by atoms with Gasteiger partial charge in [0.2, 0.25) is 0 Å². The molecule has 0 aliphatic heterocycles. The third-order valence-electron chi connectivity index (χ3n) is 7.37. The van der Waals surface area contributed by atoms with E-state index in [1.165, 1.54) is 27.6 Å². The van der Waals surface area contributed by atoms with E-state index in [1.807, 2.05) is 6.07 Å². The average molecular weight is 517 g/mol. The zero-order valence-electron chi connectivity index (χ0n) is 24.1. The Morgan fingerprint density at radius 3 is 2.24 bits per heavy atom. The van der Waals surface area contributed by atoms with Gasteiger partial charge in [0.1, 0.15) is 12.4 Å². The molecular weight excluding hydrogens is 471 g/mol. The molecule has 0 spiro atoms. The van der Waals surface area contributed by atoms with E-state index in [1.54, 1.807) is 6.92 Å². The lowest BCUT2D eigenvalue weighted by Gasteiger charge is -2.37. The summed E-state index contributed by atoms with van der Waals surface area (Å²) in [4.78, 5) is 12.7. The molecule has 0 amide bonds. The van der Waals surface area contributed by atoms with E-state index in [9.17, 15) is 4.79 Å². The summed E-state index contributed by atoms with van der Waals surface area (Å²) in [6.07, 6.45) is 4.33. The van der Waals surface area contributed by atoms with Crippen LogP contribution < -0.4 is 10.0 Å². The maximum Gasteiger partial charge on any atom is 0.160 e. The van der Waals surface area contributed by atoms with Gasteiger partial charge in [0.25, 0.3) is 0 Å². The second kappa shape index (κ2) is 12.4. The summed E-state index contributed by atoms with van der Waals surface area (Å²) < 4.78 is 6.68. The van der Waals surface area contributed by atoms with Gasteiger partial charge >= 0.3 is 0 Å². The number of unbranched alkanes of at least 4 members (excludes halogenated alkanes) is 1. The second-order valence-corrected chi connectivity index (χ2v) is 13.2. The first kappa shape index (κ1) is 29.1. The fourth-order valence-corrected chi connectivity index (χ4v) is 6.86. The van der Waals surface area contributed by atoms with Crippen LogP contribution in [0.5, 0.6) is 5.75 Å². The minimum absolute atomic E-state index is 0.0270. The molecular formula is C34H45O2P. The smallest absolute Gasteiger partial charge is 0.160 e. The van der Waals surface area contributed by atoms with Crippen molar-refractivity contribution in [1.82, 2.24) is 0 Å². The molecule has 0 N–H and O–H groups in total. The molecule has 0 saturated carbocycles. The second-order valence-electron chi connectivity index (χ2n) is 11.5. The van der Waals surface area contributed by atoms with E-state index in [0.717, 1.165) is 42.6 Å². The minimum atomic E-state index is -0.104. The zero-order valence-corrected chi connectivity index (χ0v) is 25.1. The lowest BCUT2D eigenvalue weighted by molar-refractivity contribution is 0.101. The third-order valence-corrected chi connectivity index (χ3v) is 9.43. The zero-order chi connectivity index (χ0) is 27.2. The summed E-state index contributed by atoms with van der Waals surface area (Å²) in [6, 6.07) is 21.5. The van der Waals surface area contributed by atoms with Gasteiger partial charge in [0.15, 0.2) is 5.78 Å². The number of benzene rings is 3. The van der Waals surface area contributed by atoms with Crippen molar-refractivity contribution in [2.45, 2.75) is 98.3 Å². The van der Waals surface area contributed by atoms with Crippen LogP contribution in [0.25, 0.3) is 0 Å². The molecule has 3 heteroatoms. The molecule has 0 heterocycles. The first-order valence-corrected chi connectivity index (χ1v) is 14.7. The van der Waals surface area contributed by atoms with E-state index in [-0.39, 0.29) is 16.4 Å². The van der Waals surface area contributed by atoms with Crippen LogP contribution in [0.2, 0.25) is 0 Å². The van der Waals surface area contributed by atoms with Gasteiger partial charge in [0.05, 0.1) is 0 Å². The summed E-state index contributed by atoms with van der Waals surface area (Å²) >= 11 is 0. The molecule has 0 radical (unpaired) electrons. The number of ketones is 1. The van der Waals surface area contributed by atoms with Crippen LogP contribution in [0, 0.1) is 13.8 Å². The lowest BCUT2D eigenvalue weighted by Crippen LogP contribution is -2.27. The Hall–Kier alpha value is -2.44. The van der Waals surface area contributed by atoms with Crippen LogP contribution in [0.15, 0.2) is 60.7 Å². The standard InChI is InChI=1S/C34H45O2P/c1-9-11-19-34(10-2,37-31-18-17-24(3)20-29(31)26(5)35)30-22-28(33(6,7)8)21-25(4)32(30)36-23-27-15-13-12-14-16-27/h12-18,20-22,37H,9-11,19,23H2,1-8H3. The molecule has 198 valence electrons. The average Bonchev–Trinajstić information content (AvgIpc) is 2.86. The molecule has 37 heavy (non-hydrogen) atoms. The molecule has 0 fully saturated rings. The van der Waals surface area contributed by atoms with E-state index in [0.29, 0.717) is 15.2 Å². The highest BCUT2D eigenvalue weighted by molar-refractivity contribution is 7.48. The fourth-order valence-electron chi connectivity index (χ4n) is 5.00. The predicted octanol–water partition coefficient (Wildman–Crippen LogP) is 9.18. The van der Waals surface area contributed by atoms with Gasteiger partial charge in [-0.15, -0.1) is 0 Å². The number of hydrogen-bond donors (Lipinski definition) is 0. The summed E-state index contributed by atoms with van der Waals surface area (Å²) in [7, 11) is 0.484. The Morgan fingerprint density at radius 2 is 1.65 bits per heavy atom.